The summed E-state index contributed by atoms with van der Waals surface area (Å²) in [7, 11) is 0. The van der Waals surface area contributed by atoms with Gasteiger partial charge in [-0.1, -0.05) is 41.4 Å². The first-order valence-corrected chi connectivity index (χ1v) is 7.34. The predicted molar refractivity (Wildman–Crippen MR) is 84.1 cm³/mol. The number of fused-ring (bicyclic) bond motifs is 1. The first kappa shape index (κ1) is 13.7. The van der Waals surface area contributed by atoms with Gasteiger partial charge in [-0.15, -0.1) is 0 Å². The minimum absolute atomic E-state index is 0.421. The fourth-order valence-corrected chi connectivity index (χ4v) is 3.23. The van der Waals surface area contributed by atoms with Crippen molar-refractivity contribution in [2.45, 2.75) is 12.3 Å². The lowest BCUT2D eigenvalue weighted by atomic mass is 9.98. The largest absolute Gasteiger partial charge is 0.330 e. The summed E-state index contributed by atoms with van der Waals surface area (Å²) in [6, 6.07) is 10.1. The molecule has 1 aliphatic heterocycles. The second-order valence-electron chi connectivity index (χ2n) is 4.90. The van der Waals surface area contributed by atoms with Crippen LogP contribution in [-0.4, -0.2) is 18.1 Å². The van der Waals surface area contributed by atoms with Gasteiger partial charge in [-0.2, -0.15) is 0 Å². The van der Waals surface area contributed by atoms with Crippen molar-refractivity contribution >= 4 is 34.7 Å². The molecule has 3 nitrogen and oxygen atoms in total. The fourth-order valence-electron chi connectivity index (χ4n) is 2.75. The Kier molecular flexibility index (Phi) is 3.83. The number of benzene rings is 1. The Hall–Kier alpha value is -1.29. The first-order valence-electron chi connectivity index (χ1n) is 6.58. The Labute approximate surface area is 128 Å². The fraction of sp³-hybridized carbons (Fsp3) is 0.267. The number of nitrogens with two attached hydrogens (primary N) is 1. The average Bonchev–Trinajstić information content (AvgIpc) is 2.79. The lowest BCUT2D eigenvalue weighted by molar-refractivity contribution is 0.667. The Morgan fingerprint density at radius 2 is 2.10 bits per heavy atom. The highest BCUT2D eigenvalue weighted by Gasteiger charge is 2.30. The number of halogens is 2. The molecule has 2 heterocycles. The van der Waals surface area contributed by atoms with Crippen LogP contribution in [0.15, 0.2) is 36.5 Å². The van der Waals surface area contributed by atoms with Gasteiger partial charge in [-0.05, 0) is 30.7 Å². The Balaban J connectivity index is 2.03. The van der Waals surface area contributed by atoms with Crippen LogP contribution in [0.25, 0.3) is 0 Å². The number of pyridine rings is 1. The van der Waals surface area contributed by atoms with Gasteiger partial charge in [0.15, 0.2) is 5.82 Å². The minimum atomic E-state index is 0.421. The second kappa shape index (κ2) is 5.60. The second-order valence-corrected chi connectivity index (χ2v) is 5.75. The molecule has 0 saturated heterocycles. The lowest BCUT2D eigenvalue weighted by Crippen LogP contribution is -2.18. The molecule has 1 aromatic heterocycles. The van der Waals surface area contributed by atoms with E-state index in [4.69, 9.17) is 28.9 Å². The molecular formula is C15H15Cl2N3. The Morgan fingerprint density at radius 3 is 2.85 bits per heavy atom. The molecular weight excluding hydrogens is 293 g/mol. The summed E-state index contributed by atoms with van der Waals surface area (Å²) >= 11 is 12.2. The SMILES string of the molecule is NCCC1CN(c2ncc(Cl)cc2Cl)c2ccccc21. The van der Waals surface area contributed by atoms with E-state index in [-0.39, 0.29) is 0 Å². The van der Waals surface area contributed by atoms with Crippen LogP contribution in [0.3, 0.4) is 0 Å². The highest BCUT2D eigenvalue weighted by atomic mass is 35.5. The van der Waals surface area contributed by atoms with Crippen molar-refractivity contribution in [1.82, 2.24) is 4.98 Å². The van der Waals surface area contributed by atoms with Crippen LogP contribution >= 0.6 is 23.2 Å². The quantitative estimate of drug-likeness (QED) is 0.933. The molecule has 2 N–H and O–H groups in total. The standard InChI is InChI=1S/C15H15Cl2N3/c16-11-7-13(17)15(19-8-11)20-9-10(5-6-18)12-3-1-2-4-14(12)20/h1-4,7-8,10H,5-6,9,18H2. The number of aromatic nitrogens is 1. The molecule has 1 atom stereocenters. The maximum absolute atomic E-state index is 6.29. The molecule has 1 unspecified atom stereocenters. The van der Waals surface area contributed by atoms with Gasteiger partial charge in [0.05, 0.1) is 10.0 Å². The molecule has 0 amide bonds. The molecule has 0 fully saturated rings. The molecule has 5 heteroatoms. The van der Waals surface area contributed by atoms with E-state index in [1.807, 2.05) is 6.07 Å². The summed E-state index contributed by atoms with van der Waals surface area (Å²) < 4.78 is 0. The van der Waals surface area contributed by atoms with Crippen molar-refractivity contribution in [3.05, 3.63) is 52.1 Å². The Bertz CT molecular complexity index is 630. The number of hydrogen-bond donors (Lipinski definition) is 1. The van der Waals surface area contributed by atoms with Gasteiger partial charge in [-0.3, -0.25) is 0 Å². The third-order valence-corrected chi connectivity index (χ3v) is 4.11. The lowest BCUT2D eigenvalue weighted by Gasteiger charge is -2.20. The van der Waals surface area contributed by atoms with Crippen LogP contribution < -0.4 is 10.6 Å². The number of para-hydroxylation sites is 1. The van der Waals surface area contributed by atoms with Gasteiger partial charge in [0.1, 0.15) is 0 Å². The normalized spacial score (nSPS) is 17.4. The zero-order chi connectivity index (χ0) is 14.1. The van der Waals surface area contributed by atoms with Crippen molar-refractivity contribution < 1.29 is 0 Å². The van der Waals surface area contributed by atoms with Gasteiger partial charge >= 0.3 is 0 Å². The zero-order valence-corrected chi connectivity index (χ0v) is 12.4. The van der Waals surface area contributed by atoms with Crippen molar-refractivity contribution in [1.29, 1.82) is 0 Å². The topological polar surface area (TPSA) is 42.1 Å². The van der Waals surface area contributed by atoms with Crippen LogP contribution in [0.4, 0.5) is 11.5 Å². The van der Waals surface area contributed by atoms with E-state index < -0.39 is 0 Å². The molecule has 20 heavy (non-hydrogen) atoms. The summed E-state index contributed by atoms with van der Waals surface area (Å²) in [5.41, 5.74) is 8.19. The maximum Gasteiger partial charge on any atom is 0.151 e. The van der Waals surface area contributed by atoms with Gasteiger partial charge in [0.2, 0.25) is 0 Å². The van der Waals surface area contributed by atoms with E-state index in [1.165, 1.54) is 5.56 Å². The van der Waals surface area contributed by atoms with Crippen molar-refractivity contribution in [3.8, 4) is 0 Å². The minimum Gasteiger partial charge on any atom is -0.330 e. The summed E-state index contributed by atoms with van der Waals surface area (Å²) in [4.78, 5) is 6.53. The highest BCUT2D eigenvalue weighted by molar-refractivity contribution is 6.36. The molecule has 104 valence electrons. The van der Waals surface area contributed by atoms with Crippen LogP contribution in [0.2, 0.25) is 10.0 Å². The van der Waals surface area contributed by atoms with E-state index in [0.717, 1.165) is 24.5 Å². The van der Waals surface area contributed by atoms with E-state index >= 15 is 0 Å². The molecule has 0 saturated carbocycles. The summed E-state index contributed by atoms with van der Waals surface area (Å²) in [5.74, 6) is 1.17. The van der Waals surface area contributed by atoms with E-state index in [1.54, 1.807) is 12.3 Å². The van der Waals surface area contributed by atoms with Gasteiger partial charge in [-0.25, -0.2) is 4.98 Å². The molecule has 0 bridgehead atoms. The van der Waals surface area contributed by atoms with Crippen molar-refractivity contribution in [2.24, 2.45) is 5.73 Å². The van der Waals surface area contributed by atoms with Crippen LogP contribution in [0.5, 0.6) is 0 Å². The van der Waals surface area contributed by atoms with Gasteiger partial charge in [0, 0.05) is 24.3 Å². The molecule has 0 radical (unpaired) electrons. The summed E-state index contributed by atoms with van der Waals surface area (Å²) in [5, 5.41) is 1.12. The summed E-state index contributed by atoms with van der Waals surface area (Å²) in [6.07, 6.45) is 2.58. The number of hydrogen-bond acceptors (Lipinski definition) is 3. The maximum atomic E-state index is 6.29. The third-order valence-electron chi connectivity index (χ3n) is 3.63. The summed E-state index contributed by atoms with van der Waals surface area (Å²) in [6.45, 7) is 1.53. The van der Waals surface area contributed by atoms with Crippen molar-refractivity contribution in [3.63, 3.8) is 0 Å². The smallest absolute Gasteiger partial charge is 0.151 e. The first-order chi connectivity index (χ1) is 9.70. The third kappa shape index (κ3) is 2.37. The molecule has 0 spiro atoms. The van der Waals surface area contributed by atoms with E-state index in [0.29, 0.717) is 22.5 Å². The predicted octanol–water partition coefficient (Wildman–Crippen LogP) is 3.97. The monoisotopic (exact) mass is 307 g/mol. The van der Waals surface area contributed by atoms with Crippen LogP contribution in [-0.2, 0) is 0 Å². The zero-order valence-electron chi connectivity index (χ0n) is 10.9. The number of rotatable bonds is 3. The van der Waals surface area contributed by atoms with Crippen LogP contribution in [0.1, 0.15) is 17.9 Å². The molecule has 0 aliphatic carbocycles. The van der Waals surface area contributed by atoms with E-state index in [9.17, 15) is 0 Å². The van der Waals surface area contributed by atoms with Gasteiger partial charge in [0.25, 0.3) is 0 Å². The van der Waals surface area contributed by atoms with Gasteiger partial charge < -0.3 is 10.6 Å². The number of nitrogens with zero attached hydrogens (tertiary/aromatic N) is 2. The van der Waals surface area contributed by atoms with Crippen molar-refractivity contribution in [2.75, 3.05) is 18.0 Å². The average molecular weight is 308 g/mol. The van der Waals surface area contributed by atoms with Crippen LogP contribution in [0, 0.1) is 0 Å². The molecule has 1 aromatic carbocycles. The van der Waals surface area contributed by atoms with E-state index in [2.05, 4.69) is 28.1 Å². The molecule has 1 aliphatic rings. The molecule has 2 aromatic rings. The Morgan fingerprint density at radius 1 is 1.30 bits per heavy atom. The highest BCUT2D eigenvalue weighted by Crippen LogP contribution is 2.43. The number of anilines is 2. The molecule has 3 rings (SSSR count).